The minimum atomic E-state index is 0.524. The highest BCUT2D eigenvalue weighted by atomic mass is 127. The first-order valence-corrected chi connectivity index (χ1v) is 7.40. The van der Waals surface area contributed by atoms with Crippen LogP contribution in [-0.4, -0.2) is 16.6 Å². The summed E-state index contributed by atoms with van der Waals surface area (Å²) in [6.07, 6.45) is 6.75. The number of alkyl halides is 1. The highest BCUT2D eigenvalue weighted by Gasteiger charge is 2.24. The van der Waals surface area contributed by atoms with E-state index in [1.807, 2.05) is 0 Å². The summed E-state index contributed by atoms with van der Waals surface area (Å²) in [5.41, 5.74) is 1.42. The number of halogens is 1. The van der Waals surface area contributed by atoms with Gasteiger partial charge < -0.3 is 4.74 Å². The van der Waals surface area contributed by atoms with Crippen LogP contribution in [0.2, 0.25) is 0 Å². The fourth-order valence-electron chi connectivity index (χ4n) is 2.22. The lowest BCUT2D eigenvalue weighted by atomic mass is 10.1. The molecule has 1 aromatic rings. The number of hydrogen-bond donors (Lipinski definition) is 0. The molecule has 0 aromatic heterocycles. The van der Waals surface area contributed by atoms with Gasteiger partial charge in [-0.1, -0.05) is 52.9 Å². The molecule has 2 unspecified atom stereocenters. The molecule has 0 radical (unpaired) electrons. The van der Waals surface area contributed by atoms with E-state index in [1.165, 1.54) is 24.8 Å². The predicted octanol–water partition coefficient (Wildman–Crippen LogP) is 3.99. The van der Waals surface area contributed by atoms with Crippen LogP contribution in [0.3, 0.4) is 0 Å². The van der Waals surface area contributed by atoms with Crippen LogP contribution in [0, 0.1) is 0 Å². The second-order valence-corrected chi connectivity index (χ2v) is 6.05. The van der Waals surface area contributed by atoms with Gasteiger partial charge >= 0.3 is 0 Å². The monoisotopic (exact) mass is 330 g/mol. The highest BCUT2D eigenvalue weighted by molar-refractivity contribution is 14.1. The van der Waals surface area contributed by atoms with E-state index in [4.69, 9.17) is 4.74 Å². The molecule has 16 heavy (non-hydrogen) atoms. The van der Waals surface area contributed by atoms with Crippen molar-refractivity contribution < 1.29 is 4.74 Å². The van der Waals surface area contributed by atoms with Crippen LogP contribution in [0.5, 0.6) is 0 Å². The lowest BCUT2D eigenvalue weighted by Crippen LogP contribution is -2.18. The number of ether oxygens (including phenoxy) is 1. The number of hydrogen-bond acceptors (Lipinski definition) is 1. The summed E-state index contributed by atoms with van der Waals surface area (Å²) < 4.78 is 6.67. The van der Waals surface area contributed by atoms with Gasteiger partial charge in [0.15, 0.2) is 0 Å². The summed E-state index contributed by atoms with van der Waals surface area (Å²) in [5.74, 6) is 0. The Labute approximate surface area is 112 Å². The van der Waals surface area contributed by atoms with Crippen molar-refractivity contribution in [2.45, 2.75) is 42.1 Å². The smallest absolute Gasteiger partial charge is 0.0692 e. The van der Waals surface area contributed by atoms with E-state index in [9.17, 15) is 0 Å². The standard InChI is InChI=1S/C14H19IO/c15-13-9-4-10-14(13)16-11-5-8-12-6-2-1-3-7-12/h1-3,6-7,13-14H,4-5,8-11H2. The summed E-state index contributed by atoms with van der Waals surface area (Å²) in [6, 6.07) is 10.7. The van der Waals surface area contributed by atoms with E-state index in [2.05, 4.69) is 52.9 Å². The van der Waals surface area contributed by atoms with Gasteiger partial charge in [0.25, 0.3) is 0 Å². The Morgan fingerprint density at radius 2 is 2.00 bits per heavy atom. The predicted molar refractivity (Wildman–Crippen MR) is 76.2 cm³/mol. The Morgan fingerprint density at radius 1 is 1.19 bits per heavy atom. The molecule has 1 fully saturated rings. The molecule has 1 nitrogen and oxygen atoms in total. The average Bonchev–Trinajstić information content (AvgIpc) is 2.72. The summed E-state index contributed by atoms with van der Waals surface area (Å²) >= 11 is 2.53. The molecule has 0 aliphatic heterocycles. The van der Waals surface area contributed by atoms with Crippen molar-refractivity contribution in [3.63, 3.8) is 0 Å². The first-order chi connectivity index (χ1) is 7.86. The van der Waals surface area contributed by atoms with Gasteiger partial charge in [0.1, 0.15) is 0 Å². The summed E-state index contributed by atoms with van der Waals surface area (Å²) in [7, 11) is 0. The van der Waals surface area contributed by atoms with Gasteiger partial charge in [0.2, 0.25) is 0 Å². The van der Waals surface area contributed by atoms with Crippen LogP contribution in [0.1, 0.15) is 31.2 Å². The molecule has 88 valence electrons. The third-order valence-corrected chi connectivity index (χ3v) is 4.58. The number of aryl methyl sites for hydroxylation is 1. The van der Waals surface area contributed by atoms with Crippen LogP contribution in [0.15, 0.2) is 30.3 Å². The molecule has 2 heteroatoms. The Hall–Kier alpha value is -0.0900. The minimum Gasteiger partial charge on any atom is -0.377 e. The van der Waals surface area contributed by atoms with E-state index in [0.717, 1.165) is 23.4 Å². The van der Waals surface area contributed by atoms with Crippen LogP contribution in [-0.2, 0) is 11.2 Å². The Morgan fingerprint density at radius 3 is 2.69 bits per heavy atom. The van der Waals surface area contributed by atoms with Gasteiger partial charge in [-0.15, -0.1) is 0 Å². The molecule has 0 amide bonds. The number of benzene rings is 1. The van der Waals surface area contributed by atoms with E-state index < -0.39 is 0 Å². The van der Waals surface area contributed by atoms with Crippen molar-refractivity contribution in [1.82, 2.24) is 0 Å². The molecular formula is C14H19IO. The molecule has 0 heterocycles. The van der Waals surface area contributed by atoms with E-state index in [0.29, 0.717) is 6.10 Å². The molecular weight excluding hydrogens is 311 g/mol. The molecule has 2 rings (SSSR count). The molecule has 1 aliphatic carbocycles. The zero-order valence-corrected chi connectivity index (χ0v) is 11.7. The van der Waals surface area contributed by atoms with Crippen molar-refractivity contribution in [1.29, 1.82) is 0 Å². The first kappa shape index (κ1) is 12.4. The third kappa shape index (κ3) is 3.74. The van der Waals surface area contributed by atoms with E-state index >= 15 is 0 Å². The van der Waals surface area contributed by atoms with E-state index in [-0.39, 0.29) is 0 Å². The summed E-state index contributed by atoms with van der Waals surface area (Å²) in [5, 5.41) is 0. The number of rotatable bonds is 5. The second-order valence-electron chi connectivity index (χ2n) is 4.45. The van der Waals surface area contributed by atoms with Gasteiger partial charge in [-0.25, -0.2) is 0 Å². The molecule has 1 saturated carbocycles. The highest BCUT2D eigenvalue weighted by Crippen LogP contribution is 2.28. The fourth-order valence-corrected chi connectivity index (χ4v) is 3.23. The lowest BCUT2D eigenvalue weighted by molar-refractivity contribution is 0.0627. The Bertz CT molecular complexity index is 299. The molecule has 0 bridgehead atoms. The maximum atomic E-state index is 5.93. The van der Waals surface area contributed by atoms with Crippen molar-refractivity contribution >= 4 is 22.6 Å². The topological polar surface area (TPSA) is 9.23 Å². The SMILES string of the molecule is IC1CCCC1OCCCc1ccccc1. The van der Waals surface area contributed by atoms with Crippen LogP contribution in [0.25, 0.3) is 0 Å². The Kier molecular flexibility index (Phi) is 5.10. The quantitative estimate of drug-likeness (QED) is 0.451. The first-order valence-electron chi connectivity index (χ1n) is 6.16. The third-order valence-electron chi connectivity index (χ3n) is 3.16. The van der Waals surface area contributed by atoms with Crippen molar-refractivity contribution in [2.24, 2.45) is 0 Å². The van der Waals surface area contributed by atoms with Gasteiger partial charge in [-0.3, -0.25) is 0 Å². The van der Waals surface area contributed by atoms with Crippen molar-refractivity contribution in [2.75, 3.05) is 6.61 Å². The van der Waals surface area contributed by atoms with Crippen LogP contribution >= 0.6 is 22.6 Å². The minimum absolute atomic E-state index is 0.524. The molecule has 0 spiro atoms. The summed E-state index contributed by atoms with van der Waals surface area (Å²) in [6.45, 7) is 0.916. The fraction of sp³-hybridized carbons (Fsp3) is 0.571. The summed E-state index contributed by atoms with van der Waals surface area (Å²) in [4.78, 5) is 0. The van der Waals surface area contributed by atoms with Crippen LogP contribution in [0.4, 0.5) is 0 Å². The maximum absolute atomic E-state index is 5.93. The molecule has 2 atom stereocenters. The molecule has 0 saturated heterocycles. The lowest BCUT2D eigenvalue weighted by Gasteiger charge is -2.15. The zero-order chi connectivity index (χ0) is 11.2. The van der Waals surface area contributed by atoms with Crippen molar-refractivity contribution in [3.05, 3.63) is 35.9 Å². The van der Waals surface area contributed by atoms with Gasteiger partial charge in [-0.2, -0.15) is 0 Å². The molecule has 1 aliphatic rings. The maximum Gasteiger partial charge on any atom is 0.0692 e. The normalized spacial score (nSPS) is 24.8. The average molecular weight is 330 g/mol. The Balaban J connectivity index is 1.62. The van der Waals surface area contributed by atoms with Crippen LogP contribution < -0.4 is 0 Å². The van der Waals surface area contributed by atoms with Gasteiger partial charge in [0.05, 0.1) is 6.10 Å². The van der Waals surface area contributed by atoms with Gasteiger partial charge in [0, 0.05) is 10.5 Å². The van der Waals surface area contributed by atoms with Crippen molar-refractivity contribution in [3.8, 4) is 0 Å². The zero-order valence-electron chi connectivity index (χ0n) is 9.57. The van der Waals surface area contributed by atoms with Gasteiger partial charge in [-0.05, 0) is 37.7 Å². The largest absolute Gasteiger partial charge is 0.377 e. The van der Waals surface area contributed by atoms with E-state index in [1.54, 1.807) is 0 Å². The molecule has 1 aromatic carbocycles. The second kappa shape index (κ2) is 6.60. The molecule has 0 N–H and O–H groups in total.